The fraction of sp³-hybridized carbons (Fsp3) is 0.185. The third kappa shape index (κ3) is 5.76. The molecule has 0 aliphatic heterocycles. The van der Waals surface area contributed by atoms with Gasteiger partial charge in [-0.2, -0.15) is 5.10 Å². The normalized spacial score (nSPS) is 11.9. The molecule has 2 aromatic carbocycles. The highest BCUT2D eigenvalue weighted by atomic mass is 35.5. The van der Waals surface area contributed by atoms with E-state index < -0.39 is 11.6 Å². The Morgan fingerprint density at radius 1 is 1.08 bits per heavy atom. The fourth-order valence-electron chi connectivity index (χ4n) is 4.32. The van der Waals surface area contributed by atoms with Gasteiger partial charge in [-0.15, -0.1) is 5.10 Å². The van der Waals surface area contributed by atoms with Gasteiger partial charge in [0.2, 0.25) is 5.91 Å². The average molecular weight is 563 g/mol. The summed E-state index contributed by atoms with van der Waals surface area (Å²) < 4.78 is 4.52. The Labute approximate surface area is 233 Å². The van der Waals surface area contributed by atoms with Crippen molar-refractivity contribution in [3.05, 3.63) is 105 Å². The maximum atomic E-state index is 13.6. The summed E-state index contributed by atoms with van der Waals surface area (Å²) >= 11 is 12.2. The molecule has 12 heteroatoms. The zero-order chi connectivity index (χ0) is 27.5. The van der Waals surface area contributed by atoms with Crippen molar-refractivity contribution in [2.24, 2.45) is 0 Å². The van der Waals surface area contributed by atoms with Crippen molar-refractivity contribution in [1.29, 1.82) is 0 Å². The van der Waals surface area contributed by atoms with Crippen LogP contribution in [0.25, 0.3) is 16.9 Å². The van der Waals surface area contributed by atoms with Crippen molar-refractivity contribution in [3.8, 4) is 16.9 Å². The number of rotatable bonds is 8. The van der Waals surface area contributed by atoms with E-state index in [0.717, 1.165) is 11.3 Å². The molecule has 1 amide bonds. The minimum Gasteiger partial charge on any atom is -0.309 e. The Morgan fingerprint density at radius 3 is 2.56 bits per heavy atom. The minimum absolute atomic E-state index is 0.216. The third-order valence-electron chi connectivity index (χ3n) is 6.15. The highest BCUT2D eigenvalue weighted by Crippen LogP contribution is 2.28. The lowest BCUT2D eigenvalue weighted by Crippen LogP contribution is -2.35. The predicted octanol–water partition coefficient (Wildman–Crippen LogP) is 4.75. The van der Waals surface area contributed by atoms with Crippen LogP contribution in [0.15, 0.2) is 78.0 Å². The number of halogens is 2. The van der Waals surface area contributed by atoms with Crippen LogP contribution in [0.5, 0.6) is 0 Å². The highest BCUT2D eigenvalue weighted by molar-refractivity contribution is 6.31. The number of aryl methyl sites for hydroxylation is 2. The van der Waals surface area contributed by atoms with E-state index in [1.807, 2.05) is 44.2 Å². The molecule has 5 rings (SSSR count). The average Bonchev–Trinajstić information content (AvgIpc) is 3.52. The molecule has 0 bridgehead atoms. The lowest BCUT2D eigenvalue weighted by Gasteiger charge is -2.20. The van der Waals surface area contributed by atoms with Crippen LogP contribution in [-0.2, 0) is 17.8 Å². The van der Waals surface area contributed by atoms with E-state index in [2.05, 4.69) is 25.7 Å². The molecule has 3 heterocycles. The van der Waals surface area contributed by atoms with Crippen LogP contribution >= 0.6 is 23.2 Å². The lowest BCUT2D eigenvalue weighted by atomic mass is 10.0. The summed E-state index contributed by atoms with van der Waals surface area (Å²) in [6.07, 6.45) is 3.21. The van der Waals surface area contributed by atoms with E-state index >= 15 is 0 Å². The summed E-state index contributed by atoms with van der Waals surface area (Å²) in [6, 6.07) is 16.9. The van der Waals surface area contributed by atoms with Crippen LogP contribution in [0.4, 0.5) is 5.82 Å². The second kappa shape index (κ2) is 11.2. The molecule has 0 spiro atoms. The molecule has 1 unspecified atom stereocenters. The molecule has 10 nitrogen and oxygen atoms in total. The number of carbonyl (C=O) groups excluding carboxylic acids is 1. The van der Waals surface area contributed by atoms with E-state index in [4.69, 9.17) is 23.2 Å². The molecule has 0 aliphatic carbocycles. The largest absolute Gasteiger partial charge is 0.309 e. The summed E-state index contributed by atoms with van der Waals surface area (Å²) in [5.74, 6) is 0.205. The van der Waals surface area contributed by atoms with Crippen molar-refractivity contribution in [2.45, 2.75) is 32.9 Å². The summed E-state index contributed by atoms with van der Waals surface area (Å²) in [5, 5.41) is 15.8. The van der Waals surface area contributed by atoms with Gasteiger partial charge in [0.1, 0.15) is 11.9 Å². The number of nitrogens with one attached hydrogen (secondary N) is 1. The molecule has 0 saturated heterocycles. The Morgan fingerprint density at radius 2 is 1.87 bits per heavy atom. The van der Waals surface area contributed by atoms with Gasteiger partial charge in [0.25, 0.3) is 5.56 Å². The third-order valence-corrected chi connectivity index (χ3v) is 6.55. The first-order chi connectivity index (χ1) is 18.8. The number of carbonyl (C=O) groups is 1. The van der Waals surface area contributed by atoms with Crippen molar-refractivity contribution < 1.29 is 4.79 Å². The van der Waals surface area contributed by atoms with Crippen molar-refractivity contribution in [1.82, 2.24) is 34.3 Å². The summed E-state index contributed by atoms with van der Waals surface area (Å²) in [4.78, 5) is 31.6. The molecule has 1 N–H and O–H groups in total. The van der Waals surface area contributed by atoms with Crippen LogP contribution in [0.2, 0.25) is 10.2 Å². The van der Waals surface area contributed by atoms with Crippen LogP contribution < -0.4 is 10.9 Å². The molecule has 3 aromatic heterocycles. The molecule has 0 aliphatic rings. The molecule has 0 fully saturated rings. The highest BCUT2D eigenvalue weighted by Gasteiger charge is 2.24. The van der Waals surface area contributed by atoms with Crippen LogP contribution in [0.3, 0.4) is 0 Å². The van der Waals surface area contributed by atoms with Crippen molar-refractivity contribution in [3.63, 3.8) is 0 Å². The number of aromatic nitrogens is 7. The van der Waals surface area contributed by atoms with Crippen molar-refractivity contribution in [2.75, 3.05) is 5.32 Å². The maximum absolute atomic E-state index is 13.6. The Balaban J connectivity index is 1.54. The van der Waals surface area contributed by atoms with Crippen LogP contribution in [-0.4, -0.2) is 40.2 Å². The molecule has 0 saturated carbocycles. The quantitative estimate of drug-likeness (QED) is 0.292. The molecule has 1 atom stereocenters. The van der Waals surface area contributed by atoms with E-state index in [1.165, 1.54) is 21.6 Å². The second-order valence-electron chi connectivity index (χ2n) is 8.85. The van der Waals surface area contributed by atoms with Gasteiger partial charge in [-0.3, -0.25) is 14.2 Å². The standard InChI is InChI=1S/C27H24Cl2N8O2/c1-3-36-25(11-17(2)33-36)31-27(39)23(12-18-7-5-4-6-8-18)35-16-30-21(14-26(35)38)20-13-19(28)9-10-22(20)37-15-24(29)32-34-37/h4-11,13-16,23H,3,12H2,1-2H3,(H,31,39). The first kappa shape index (κ1) is 26.3. The Bertz CT molecular complexity index is 1690. The monoisotopic (exact) mass is 562 g/mol. The number of amides is 1. The summed E-state index contributed by atoms with van der Waals surface area (Å²) in [6.45, 7) is 4.38. The van der Waals surface area contributed by atoms with Crippen LogP contribution in [0, 0.1) is 6.92 Å². The minimum atomic E-state index is -0.866. The van der Waals surface area contributed by atoms with Gasteiger partial charge in [-0.25, -0.2) is 14.3 Å². The zero-order valence-corrected chi connectivity index (χ0v) is 22.6. The van der Waals surface area contributed by atoms with Gasteiger partial charge in [0, 0.05) is 35.7 Å². The Hall–Kier alpha value is -4.28. The molecular formula is C27H24Cl2N8O2. The number of nitrogens with zero attached hydrogens (tertiary/aromatic N) is 7. The number of hydrogen-bond donors (Lipinski definition) is 1. The first-order valence-corrected chi connectivity index (χ1v) is 12.9. The first-order valence-electron chi connectivity index (χ1n) is 12.2. The molecule has 39 heavy (non-hydrogen) atoms. The van der Waals surface area contributed by atoms with Gasteiger partial charge < -0.3 is 5.32 Å². The molecule has 198 valence electrons. The summed E-state index contributed by atoms with van der Waals surface area (Å²) in [5.41, 5.74) is 2.78. The maximum Gasteiger partial charge on any atom is 0.254 e. The second-order valence-corrected chi connectivity index (χ2v) is 9.67. The van der Waals surface area contributed by atoms with Gasteiger partial charge in [0.15, 0.2) is 5.15 Å². The van der Waals surface area contributed by atoms with Gasteiger partial charge in [-0.1, -0.05) is 58.7 Å². The van der Waals surface area contributed by atoms with Gasteiger partial charge in [-0.05, 0) is 37.6 Å². The fourth-order valence-corrected chi connectivity index (χ4v) is 4.62. The Kier molecular flexibility index (Phi) is 7.58. The lowest BCUT2D eigenvalue weighted by molar-refractivity contribution is -0.119. The molecular weight excluding hydrogens is 539 g/mol. The van der Waals surface area contributed by atoms with Crippen molar-refractivity contribution >= 4 is 34.9 Å². The van der Waals surface area contributed by atoms with Crippen LogP contribution in [0.1, 0.15) is 24.2 Å². The van der Waals surface area contributed by atoms with Gasteiger partial charge >= 0.3 is 0 Å². The number of hydrogen-bond acceptors (Lipinski definition) is 6. The SMILES string of the molecule is CCn1nc(C)cc1NC(=O)C(Cc1ccccc1)n1cnc(-c2cc(Cl)ccc2-n2cc(Cl)nn2)cc1=O. The van der Waals surface area contributed by atoms with E-state index in [0.29, 0.717) is 34.3 Å². The van der Waals surface area contributed by atoms with E-state index in [-0.39, 0.29) is 17.5 Å². The topological polar surface area (TPSA) is 113 Å². The molecule has 0 radical (unpaired) electrons. The van der Waals surface area contributed by atoms with E-state index in [9.17, 15) is 9.59 Å². The summed E-state index contributed by atoms with van der Waals surface area (Å²) in [7, 11) is 0. The van der Waals surface area contributed by atoms with E-state index in [1.54, 1.807) is 35.1 Å². The molecule has 5 aromatic rings. The zero-order valence-electron chi connectivity index (χ0n) is 21.1. The predicted molar refractivity (Wildman–Crippen MR) is 149 cm³/mol. The smallest absolute Gasteiger partial charge is 0.254 e. The number of benzene rings is 2. The van der Waals surface area contributed by atoms with Gasteiger partial charge in [0.05, 0.1) is 29.6 Å². The number of anilines is 1.